The van der Waals surface area contributed by atoms with Crippen molar-refractivity contribution in [3.8, 4) is 11.3 Å². The summed E-state index contributed by atoms with van der Waals surface area (Å²) in [5.41, 5.74) is 4.04. The van der Waals surface area contributed by atoms with Crippen LogP contribution in [0.15, 0.2) is 41.5 Å². The molecule has 0 saturated carbocycles. The van der Waals surface area contributed by atoms with Crippen LogP contribution in [0.5, 0.6) is 0 Å². The Labute approximate surface area is 201 Å². The quantitative estimate of drug-likeness (QED) is 0.393. The topological polar surface area (TPSA) is 137 Å². The van der Waals surface area contributed by atoms with Gasteiger partial charge in [0.05, 0.1) is 29.4 Å². The van der Waals surface area contributed by atoms with Gasteiger partial charge in [-0.2, -0.15) is 5.10 Å². The molecule has 3 N–H and O–H groups in total. The number of nitrogens with one attached hydrogen (secondary N) is 3. The second-order valence-corrected chi connectivity index (χ2v) is 8.77. The number of hydrogen-bond acceptors (Lipinski definition) is 6. The molecular formula is C25H27N7O3. The number of carbonyl (C=O) groups excluding carboxylic acids is 2. The van der Waals surface area contributed by atoms with Gasteiger partial charge >= 0.3 is 0 Å². The molecule has 4 aromatic rings. The number of nitrogens with zero attached hydrogens (tertiary/aromatic N) is 4. The lowest BCUT2D eigenvalue weighted by atomic mass is 10.0. The van der Waals surface area contributed by atoms with E-state index in [0.717, 1.165) is 11.3 Å². The van der Waals surface area contributed by atoms with E-state index in [-0.39, 0.29) is 30.0 Å². The van der Waals surface area contributed by atoms with Crippen LogP contribution in [0.4, 0.5) is 5.82 Å². The van der Waals surface area contributed by atoms with E-state index in [1.165, 1.54) is 6.92 Å². The van der Waals surface area contributed by atoms with Gasteiger partial charge in [0.2, 0.25) is 5.91 Å². The van der Waals surface area contributed by atoms with Gasteiger partial charge in [0.1, 0.15) is 5.82 Å². The minimum absolute atomic E-state index is 0.167. The summed E-state index contributed by atoms with van der Waals surface area (Å²) in [7, 11) is 0. The van der Waals surface area contributed by atoms with Crippen molar-refractivity contribution in [2.45, 2.75) is 47.2 Å². The Hall–Kier alpha value is -4.34. The van der Waals surface area contributed by atoms with Crippen molar-refractivity contribution >= 4 is 28.7 Å². The van der Waals surface area contributed by atoms with Crippen LogP contribution in [0.25, 0.3) is 22.3 Å². The molecule has 0 unspecified atom stereocenters. The number of aromatic amines is 2. The van der Waals surface area contributed by atoms with Gasteiger partial charge in [-0.15, -0.1) is 0 Å². The Kier molecular flexibility index (Phi) is 6.46. The van der Waals surface area contributed by atoms with Crippen molar-refractivity contribution < 1.29 is 9.59 Å². The number of aryl methyl sites for hydroxylation is 2. The fourth-order valence-corrected chi connectivity index (χ4v) is 3.95. The number of pyridine rings is 3. The van der Waals surface area contributed by atoms with Crippen LogP contribution in [0.3, 0.4) is 0 Å². The zero-order valence-electron chi connectivity index (χ0n) is 20.3. The summed E-state index contributed by atoms with van der Waals surface area (Å²) in [4.78, 5) is 51.1. The van der Waals surface area contributed by atoms with Crippen molar-refractivity contribution in [2.75, 3.05) is 5.32 Å². The molecule has 35 heavy (non-hydrogen) atoms. The molecule has 0 fully saturated rings. The molecule has 4 heterocycles. The number of anilines is 1. The highest BCUT2D eigenvalue weighted by molar-refractivity contribution is 6.06. The smallest absolute Gasteiger partial charge is 0.255 e. The molecule has 4 rings (SSSR count). The first kappa shape index (κ1) is 23.8. The average Bonchev–Trinajstić information content (AvgIpc) is 3.26. The van der Waals surface area contributed by atoms with E-state index < -0.39 is 0 Å². The monoisotopic (exact) mass is 473 g/mol. The fourth-order valence-electron chi connectivity index (χ4n) is 3.95. The van der Waals surface area contributed by atoms with Gasteiger partial charge < -0.3 is 15.2 Å². The number of aromatic nitrogens is 5. The standard InChI is InChI=1S/C25H27N7O3/c1-13(2)32(12-20-14(3)8-15(4)28-24(20)34)25(35)18-9-21(30-23-19(18)11-27-31-23)17-6-7-22(26-10-17)29-16(5)33/h6-11,13H,12H2,1-5H3,(H,28,34)(H,26,29,33)(H,27,30,31). The third-order valence-electron chi connectivity index (χ3n) is 5.72. The lowest BCUT2D eigenvalue weighted by Gasteiger charge is -2.27. The van der Waals surface area contributed by atoms with Crippen LogP contribution >= 0.6 is 0 Å². The average molecular weight is 474 g/mol. The summed E-state index contributed by atoms with van der Waals surface area (Å²) in [5.74, 6) is -0.0337. The molecule has 10 nitrogen and oxygen atoms in total. The van der Waals surface area contributed by atoms with Gasteiger partial charge in [0.15, 0.2) is 5.65 Å². The maximum Gasteiger partial charge on any atom is 0.255 e. The third-order valence-corrected chi connectivity index (χ3v) is 5.72. The van der Waals surface area contributed by atoms with Crippen molar-refractivity contribution in [1.29, 1.82) is 0 Å². The molecule has 0 bridgehead atoms. The normalized spacial score (nSPS) is 11.1. The molecule has 0 atom stereocenters. The zero-order chi connectivity index (χ0) is 25.3. The molecule has 0 spiro atoms. The van der Waals surface area contributed by atoms with E-state index in [4.69, 9.17) is 0 Å². The van der Waals surface area contributed by atoms with Crippen molar-refractivity contribution in [1.82, 2.24) is 30.0 Å². The summed E-state index contributed by atoms with van der Waals surface area (Å²) < 4.78 is 0. The number of fused-ring (bicyclic) bond motifs is 1. The molecule has 0 radical (unpaired) electrons. The van der Waals surface area contributed by atoms with E-state index in [1.54, 1.807) is 35.5 Å². The first-order chi connectivity index (χ1) is 16.6. The Morgan fingerprint density at radius 2 is 1.91 bits per heavy atom. The van der Waals surface area contributed by atoms with E-state index in [1.807, 2.05) is 33.8 Å². The van der Waals surface area contributed by atoms with E-state index in [9.17, 15) is 14.4 Å². The van der Waals surface area contributed by atoms with Crippen molar-refractivity contribution in [3.63, 3.8) is 0 Å². The number of carbonyl (C=O) groups is 2. The summed E-state index contributed by atoms with van der Waals surface area (Å²) in [6, 6.07) is 6.88. The van der Waals surface area contributed by atoms with Crippen LogP contribution in [0.2, 0.25) is 0 Å². The summed E-state index contributed by atoms with van der Waals surface area (Å²) >= 11 is 0. The molecule has 10 heteroatoms. The van der Waals surface area contributed by atoms with Gasteiger partial charge in [-0.3, -0.25) is 19.5 Å². The Morgan fingerprint density at radius 3 is 2.54 bits per heavy atom. The van der Waals surface area contributed by atoms with Crippen LogP contribution in [0, 0.1) is 13.8 Å². The Balaban J connectivity index is 1.75. The highest BCUT2D eigenvalue weighted by atomic mass is 16.2. The van der Waals surface area contributed by atoms with Crippen LogP contribution in [-0.2, 0) is 11.3 Å². The lowest BCUT2D eigenvalue weighted by Crippen LogP contribution is -2.38. The summed E-state index contributed by atoms with van der Waals surface area (Å²) in [6.07, 6.45) is 3.15. The number of rotatable bonds is 6. The first-order valence-electron chi connectivity index (χ1n) is 11.2. The van der Waals surface area contributed by atoms with Gasteiger partial charge in [-0.25, -0.2) is 9.97 Å². The van der Waals surface area contributed by atoms with E-state index in [2.05, 4.69) is 30.5 Å². The Morgan fingerprint density at radius 1 is 1.14 bits per heavy atom. The SMILES string of the molecule is CC(=O)Nc1ccc(-c2cc(C(=O)N(Cc3c(C)cc(C)[nH]c3=O)C(C)C)c3cn[nH]c3n2)cn1. The minimum atomic E-state index is -0.239. The molecule has 180 valence electrons. The highest BCUT2D eigenvalue weighted by Gasteiger charge is 2.25. The predicted octanol–water partition coefficient (Wildman–Crippen LogP) is 3.33. The fraction of sp³-hybridized carbons (Fsp3) is 0.280. The van der Waals surface area contributed by atoms with Crippen LogP contribution in [0.1, 0.15) is 48.0 Å². The number of amides is 2. The third kappa shape index (κ3) is 4.96. The Bertz CT molecular complexity index is 1470. The molecule has 0 aliphatic heterocycles. The van der Waals surface area contributed by atoms with Crippen molar-refractivity contribution in [2.24, 2.45) is 0 Å². The number of hydrogen-bond donors (Lipinski definition) is 3. The molecule has 4 aromatic heterocycles. The maximum atomic E-state index is 13.8. The van der Waals surface area contributed by atoms with Crippen LogP contribution < -0.4 is 10.9 Å². The molecule has 2 amide bonds. The van der Waals surface area contributed by atoms with Gasteiger partial charge in [0, 0.05) is 36.0 Å². The van der Waals surface area contributed by atoms with Gasteiger partial charge in [-0.1, -0.05) is 0 Å². The zero-order valence-corrected chi connectivity index (χ0v) is 20.3. The first-order valence-corrected chi connectivity index (χ1v) is 11.2. The van der Waals surface area contributed by atoms with E-state index in [0.29, 0.717) is 39.2 Å². The summed E-state index contributed by atoms with van der Waals surface area (Å²) in [6.45, 7) is 9.10. The maximum absolute atomic E-state index is 13.8. The molecule has 0 aliphatic carbocycles. The van der Waals surface area contributed by atoms with Crippen LogP contribution in [-0.4, -0.2) is 47.9 Å². The highest BCUT2D eigenvalue weighted by Crippen LogP contribution is 2.26. The van der Waals surface area contributed by atoms with Gasteiger partial charge in [-0.05, 0) is 57.5 Å². The van der Waals surface area contributed by atoms with Gasteiger partial charge in [0.25, 0.3) is 11.5 Å². The largest absolute Gasteiger partial charge is 0.332 e. The minimum Gasteiger partial charge on any atom is -0.332 e. The lowest BCUT2D eigenvalue weighted by molar-refractivity contribution is -0.114. The molecule has 0 saturated heterocycles. The second-order valence-electron chi connectivity index (χ2n) is 8.77. The van der Waals surface area contributed by atoms with E-state index >= 15 is 0 Å². The predicted molar refractivity (Wildman–Crippen MR) is 133 cm³/mol. The van der Waals surface area contributed by atoms with Crippen molar-refractivity contribution in [3.05, 3.63) is 69.4 Å². The molecular weight excluding hydrogens is 446 g/mol. The molecule has 0 aromatic carbocycles. The second kappa shape index (κ2) is 9.49. The summed E-state index contributed by atoms with van der Waals surface area (Å²) in [5, 5.41) is 10.1. The number of H-pyrrole nitrogens is 2. The molecule has 0 aliphatic rings.